The maximum absolute atomic E-state index is 12.3. The normalized spacial score (nSPS) is 12.6. The van der Waals surface area contributed by atoms with Gasteiger partial charge in [-0.1, -0.05) is 36.4 Å². The maximum atomic E-state index is 12.3. The number of anilines is 1. The highest BCUT2D eigenvalue weighted by atomic mass is 16.4. The molecule has 0 aliphatic carbocycles. The van der Waals surface area contributed by atoms with Crippen LogP contribution in [0.25, 0.3) is 0 Å². The minimum atomic E-state index is -1.06. The highest BCUT2D eigenvalue weighted by Gasteiger charge is 2.22. The van der Waals surface area contributed by atoms with Crippen molar-refractivity contribution in [2.45, 2.75) is 19.6 Å². The minimum absolute atomic E-state index is 0.141. The highest BCUT2D eigenvalue weighted by molar-refractivity contribution is 5.89. The number of hydrogen-bond donors (Lipinski definition) is 3. The predicted molar refractivity (Wildman–Crippen MR) is 86.0 cm³/mol. The summed E-state index contributed by atoms with van der Waals surface area (Å²) in [5.41, 5.74) is 3.87. The minimum Gasteiger partial charge on any atom is -0.465 e. The van der Waals surface area contributed by atoms with Crippen LogP contribution in [0.15, 0.2) is 48.5 Å². The Kier molecular flexibility index (Phi) is 4.14. The van der Waals surface area contributed by atoms with Gasteiger partial charge in [0.2, 0.25) is 0 Å². The van der Waals surface area contributed by atoms with Crippen molar-refractivity contribution < 1.29 is 14.7 Å². The van der Waals surface area contributed by atoms with Crippen LogP contribution in [-0.2, 0) is 19.6 Å². The van der Waals surface area contributed by atoms with Gasteiger partial charge in [-0.25, -0.2) is 9.59 Å². The van der Waals surface area contributed by atoms with Gasteiger partial charge in [0.15, 0.2) is 0 Å². The topological polar surface area (TPSA) is 81.7 Å². The maximum Gasteiger partial charge on any atom is 0.404 e. The molecule has 6 nitrogen and oxygen atoms in total. The van der Waals surface area contributed by atoms with Gasteiger partial charge in [0.25, 0.3) is 0 Å². The van der Waals surface area contributed by atoms with E-state index in [1.807, 2.05) is 24.3 Å². The lowest BCUT2D eigenvalue weighted by molar-refractivity contribution is 0.194. The molecule has 0 saturated carbocycles. The van der Waals surface area contributed by atoms with Crippen molar-refractivity contribution in [3.05, 3.63) is 65.2 Å². The molecule has 1 aliphatic rings. The van der Waals surface area contributed by atoms with E-state index in [1.54, 1.807) is 29.2 Å². The molecular weight excluding hydrogens is 294 g/mol. The summed E-state index contributed by atoms with van der Waals surface area (Å²) in [7, 11) is 0. The smallest absolute Gasteiger partial charge is 0.404 e. The SMILES string of the molecule is O=C(O)NCc1ccc(NC(=O)N2Cc3ccccc3C2)cc1. The van der Waals surface area contributed by atoms with Crippen molar-refractivity contribution in [1.82, 2.24) is 10.2 Å². The molecule has 0 unspecified atom stereocenters. The summed E-state index contributed by atoms with van der Waals surface area (Å²) < 4.78 is 0. The number of rotatable bonds is 3. The lowest BCUT2D eigenvalue weighted by atomic mass is 10.1. The van der Waals surface area contributed by atoms with Gasteiger partial charge in [0, 0.05) is 25.3 Å². The summed E-state index contributed by atoms with van der Waals surface area (Å²) in [6.45, 7) is 1.47. The van der Waals surface area contributed by atoms with E-state index in [-0.39, 0.29) is 12.6 Å². The van der Waals surface area contributed by atoms with Crippen LogP contribution in [0.4, 0.5) is 15.3 Å². The second kappa shape index (κ2) is 6.39. The van der Waals surface area contributed by atoms with Gasteiger partial charge in [-0.15, -0.1) is 0 Å². The molecule has 2 aromatic rings. The van der Waals surface area contributed by atoms with E-state index in [1.165, 1.54) is 11.1 Å². The Labute approximate surface area is 133 Å². The number of carboxylic acid groups (broad SMARTS) is 1. The molecule has 118 valence electrons. The molecular formula is C17H17N3O3. The largest absolute Gasteiger partial charge is 0.465 e. The van der Waals surface area contributed by atoms with Crippen molar-refractivity contribution in [1.29, 1.82) is 0 Å². The van der Waals surface area contributed by atoms with E-state index < -0.39 is 6.09 Å². The number of nitrogens with one attached hydrogen (secondary N) is 2. The number of amides is 3. The number of urea groups is 1. The second-order valence-electron chi connectivity index (χ2n) is 5.41. The van der Waals surface area contributed by atoms with Crippen LogP contribution in [0.2, 0.25) is 0 Å². The van der Waals surface area contributed by atoms with Crippen LogP contribution in [0.1, 0.15) is 16.7 Å². The van der Waals surface area contributed by atoms with E-state index in [2.05, 4.69) is 10.6 Å². The van der Waals surface area contributed by atoms with Crippen molar-refractivity contribution in [3.63, 3.8) is 0 Å². The Morgan fingerprint density at radius 3 is 2.17 bits per heavy atom. The van der Waals surface area contributed by atoms with Crippen LogP contribution < -0.4 is 10.6 Å². The fourth-order valence-corrected chi connectivity index (χ4v) is 2.56. The standard InChI is InChI=1S/C17H17N3O3/c21-16(20-10-13-3-1-2-4-14(13)11-20)19-15-7-5-12(6-8-15)9-18-17(22)23/h1-8,18H,9-11H2,(H,19,21)(H,22,23). The van der Waals surface area contributed by atoms with Gasteiger partial charge in [0.1, 0.15) is 0 Å². The molecule has 1 aliphatic heterocycles. The average Bonchev–Trinajstić information content (AvgIpc) is 2.98. The van der Waals surface area contributed by atoms with E-state index in [0.29, 0.717) is 18.8 Å². The second-order valence-corrected chi connectivity index (χ2v) is 5.41. The Balaban J connectivity index is 1.57. The first-order valence-electron chi connectivity index (χ1n) is 7.30. The Morgan fingerprint density at radius 1 is 1.00 bits per heavy atom. The van der Waals surface area contributed by atoms with Crippen LogP contribution in [0.5, 0.6) is 0 Å². The lowest BCUT2D eigenvalue weighted by Crippen LogP contribution is -2.30. The lowest BCUT2D eigenvalue weighted by Gasteiger charge is -2.16. The Morgan fingerprint density at radius 2 is 1.61 bits per heavy atom. The fraction of sp³-hybridized carbons (Fsp3) is 0.176. The molecule has 3 amide bonds. The molecule has 3 N–H and O–H groups in total. The first kappa shape index (κ1) is 14.9. The van der Waals surface area contributed by atoms with Gasteiger partial charge in [0.05, 0.1) is 0 Å². The van der Waals surface area contributed by atoms with Crippen LogP contribution in [0, 0.1) is 0 Å². The molecule has 0 bridgehead atoms. The summed E-state index contributed by atoms with van der Waals surface area (Å²) in [6.07, 6.45) is -1.06. The van der Waals surface area contributed by atoms with E-state index in [4.69, 9.17) is 5.11 Å². The Bertz CT molecular complexity index is 703. The molecule has 0 atom stereocenters. The quantitative estimate of drug-likeness (QED) is 0.815. The third-order valence-corrected chi connectivity index (χ3v) is 3.78. The average molecular weight is 311 g/mol. The van der Waals surface area contributed by atoms with Crippen LogP contribution in [-0.4, -0.2) is 22.1 Å². The molecule has 0 saturated heterocycles. The molecule has 0 spiro atoms. The van der Waals surface area contributed by atoms with Crippen LogP contribution in [0.3, 0.4) is 0 Å². The van der Waals surface area contributed by atoms with Gasteiger partial charge in [-0.3, -0.25) is 0 Å². The first-order chi connectivity index (χ1) is 11.1. The third kappa shape index (κ3) is 3.60. The van der Waals surface area contributed by atoms with Crippen molar-refractivity contribution in [2.75, 3.05) is 5.32 Å². The number of fused-ring (bicyclic) bond motifs is 1. The van der Waals surface area contributed by atoms with Gasteiger partial charge < -0.3 is 20.6 Å². The zero-order chi connectivity index (χ0) is 16.2. The van der Waals surface area contributed by atoms with Gasteiger partial charge in [-0.05, 0) is 28.8 Å². The molecule has 23 heavy (non-hydrogen) atoms. The number of benzene rings is 2. The first-order valence-corrected chi connectivity index (χ1v) is 7.30. The van der Waals surface area contributed by atoms with Gasteiger partial charge >= 0.3 is 12.1 Å². The number of hydrogen-bond acceptors (Lipinski definition) is 2. The third-order valence-electron chi connectivity index (χ3n) is 3.78. The molecule has 1 heterocycles. The predicted octanol–water partition coefficient (Wildman–Crippen LogP) is 3.00. The molecule has 0 aromatic heterocycles. The molecule has 3 rings (SSSR count). The van der Waals surface area contributed by atoms with E-state index >= 15 is 0 Å². The summed E-state index contributed by atoms with van der Waals surface area (Å²) in [5, 5.41) is 13.7. The summed E-state index contributed by atoms with van der Waals surface area (Å²) in [4.78, 5) is 24.5. The highest BCUT2D eigenvalue weighted by Crippen LogP contribution is 2.23. The zero-order valence-electron chi connectivity index (χ0n) is 12.5. The van der Waals surface area contributed by atoms with Crippen molar-refractivity contribution in [2.24, 2.45) is 0 Å². The zero-order valence-corrected chi connectivity index (χ0v) is 12.5. The van der Waals surface area contributed by atoms with Crippen molar-refractivity contribution >= 4 is 17.8 Å². The van der Waals surface area contributed by atoms with Crippen molar-refractivity contribution in [3.8, 4) is 0 Å². The number of carbonyl (C=O) groups is 2. The van der Waals surface area contributed by atoms with E-state index in [9.17, 15) is 9.59 Å². The molecule has 6 heteroatoms. The van der Waals surface area contributed by atoms with Crippen LogP contribution >= 0.6 is 0 Å². The molecule has 0 fully saturated rings. The summed E-state index contributed by atoms with van der Waals surface area (Å²) >= 11 is 0. The summed E-state index contributed by atoms with van der Waals surface area (Å²) in [6, 6.07) is 15.0. The van der Waals surface area contributed by atoms with E-state index in [0.717, 1.165) is 5.56 Å². The molecule has 0 radical (unpaired) electrons. The fourth-order valence-electron chi connectivity index (χ4n) is 2.56. The molecule has 2 aromatic carbocycles. The monoisotopic (exact) mass is 311 g/mol. The number of nitrogens with zero attached hydrogens (tertiary/aromatic N) is 1. The number of carbonyl (C=O) groups excluding carboxylic acids is 1. The van der Waals surface area contributed by atoms with Gasteiger partial charge in [-0.2, -0.15) is 0 Å². The Hall–Kier alpha value is -3.02. The summed E-state index contributed by atoms with van der Waals surface area (Å²) in [5.74, 6) is 0.